The molecule has 1 aromatic heterocycles. The summed E-state index contributed by atoms with van der Waals surface area (Å²) in [4.78, 5) is 4.46. The molecule has 1 fully saturated rings. The maximum atomic E-state index is 5.92. The van der Waals surface area contributed by atoms with Crippen molar-refractivity contribution in [3.05, 3.63) is 23.5 Å². The van der Waals surface area contributed by atoms with E-state index in [1.54, 1.807) is 7.11 Å². The molecular weight excluding hydrogens is 224 g/mol. The van der Waals surface area contributed by atoms with E-state index >= 15 is 0 Å². The molecule has 1 saturated carbocycles. The van der Waals surface area contributed by atoms with Gasteiger partial charge in [-0.3, -0.25) is 4.98 Å². The van der Waals surface area contributed by atoms with Gasteiger partial charge >= 0.3 is 0 Å². The molecule has 0 saturated heterocycles. The van der Waals surface area contributed by atoms with Crippen molar-refractivity contribution in [3.8, 4) is 5.75 Å². The van der Waals surface area contributed by atoms with Crippen LogP contribution in [-0.2, 0) is 6.54 Å². The molecule has 0 atom stereocenters. The predicted molar refractivity (Wildman–Crippen MR) is 65.0 cm³/mol. The van der Waals surface area contributed by atoms with Gasteiger partial charge in [-0.25, -0.2) is 0 Å². The highest BCUT2D eigenvalue weighted by molar-refractivity contribution is 6.21. The van der Waals surface area contributed by atoms with Gasteiger partial charge < -0.3 is 10.1 Å². The van der Waals surface area contributed by atoms with Gasteiger partial charge in [-0.2, -0.15) is 0 Å². The van der Waals surface area contributed by atoms with E-state index < -0.39 is 0 Å². The Morgan fingerprint density at radius 1 is 1.50 bits per heavy atom. The minimum Gasteiger partial charge on any atom is -0.497 e. The molecule has 1 aliphatic rings. The summed E-state index contributed by atoms with van der Waals surface area (Å²) < 4.78 is 5.21. The van der Waals surface area contributed by atoms with Crippen LogP contribution in [0.3, 0.4) is 0 Å². The number of pyridine rings is 1. The monoisotopic (exact) mass is 240 g/mol. The van der Waals surface area contributed by atoms with Crippen molar-refractivity contribution in [1.29, 1.82) is 0 Å². The zero-order valence-electron chi connectivity index (χ0n) is 9.66. The van der Waals surface area contributed by atoms with Crippen LogP contribution in [0.4, 0.5) is 0 Å². The predicted octanol–water partition coefficient (Wildman–Crippen LogP) is 2.26. The molecule has 0 spiro atoms. The number of alkyl halides is 1. The summed E-state index contributed by atoms with van der Waals surface area (Å²) in [7, 11) is 1.68. The van der Waals surface area contributed by atoms with E-state index in [9.17, 15) is 0 Å². The normalized spacial score (nSPS) is 23.9. The Balaban J connectivity index is 1.90. The smallest absolute Gasteiger partial charge is 0.122 e. The molecule has 0 bridgehead atoms. The maximum Gasteiger partial charge on any atom is 0.122 e. The van der Waals surface area contributed by atoms with Gasteiger partial charge in [0, 0.05) is 35.8 Å². The largest absolute Gasteiger partial charge is 0.497 e. The van der Waals surface area contributed by atoms with E-state index in [1.165, 1.54) is 0 Å². The highest BCUT2D eigenvalue weighted by atomic mass is 35.5. The molecule has 0 aliphatic heterocycles. The molecule has 16 heavy (non-hydrogen) atoms. The molecule has 3 nitrogen and oxygen atoms in total. The molecule has 2 rings (SSSR count). The summed E-state index contributed by atoms with van der Waals surface area (Å²) in [5.74, 6) is 0.869. The first-order valence-electron chi connectivity index (χ1n) is 5.56. The average Bonchev–Trinajstić information content (AvgIpc) is 2.22. The summed E-state index contributed by atoms with van der Waals surface area (Å²) in [6.45, 7) is 2.76. The van der Waals surface area contributed by atoms with Crippen LogP contribution >= 0.6 is 11.6 Å². The maximum absolute atomic E-state index is 5.92. The summed E-state index contributed by atoms with van der Waals surface area (Å²) in [6.07, 6.45) is 2.12. The molecule has 1 aromatic rings. The van der Waals surface area contributed by atoms with Gasteiger partial charge in [0.1, 0.15) is 5.75 Å². The van der Waals surface area contributed by atoms with Crippen molar-refractivity contribution in [2.45, 2.75) is 37.7 Å². The van der Waals surface area contributed by atoms with E-state index in [0.717, 1.165) is 36.5 Å². The third-order valence-corrected chi connectivity index (χ3v) is 3.22. The Labute approximate surface area is 101 Å². The summed E-state index contributed by atoms with van der Waals surface area (Å²) in [5.41, 5.74) is 2.01. The number of nitrogens with one attached hydrogen (secondary N) is 1. The van der Waals surface area contributed by atoms with E-state index in [0.29, 0.717) is 11.4 Å². The second-order valence-corrected chi connectivity index (χ2v) is 4.90. The van der Waals surface area contributed by atoms with Crippen molar-refractivity contribution < 1.29 is 4.74 Å². The lowest BCUT2D eigenvalue weighted by molar-refractivity contribution is 0.343. The quantitative estimate of drug-likeness (QED) is 0.820. The first kappa shape index (κ1) is 11.7. The topological polar surface area (TPSA) is 34.1 Å². The zero-order valence-corrected chi connectivity index (χ0v) is 10.4. The second-order valence-electron chi connectivity index (χ2n) is 4.29. The van der Waals surface area contributed by atoms with E-state index in [-0.39, 0.29) is 0 Å². The van der Waals surface area contributed by atoms with Crippen LogP contribution in [0.25, 0.3) is 0 Å². The number of hydrogen-bond donors (Lipinski definition) is 1. The SMILES string of the molecule is COc1cc(C)nc(CNC2CC(Cl)C2)c1. The van der Waals surface area contributed by atoms with Crippen LogP contribution in [0.15, 0.2) is 12.1 Å². The van der Waals surface area contributed by atoms with Crippen LogP contribution in [0.2, 0.25) is 0 Å². The van der Waals surface area contributed by atoms with Crippen LogP contribution in [-0.4, -0.2) is 23.5 Å². The number of nitrogens with zero attached hydrogens (tertiary/aromatic N) is 1. The minimum atomic E-state index is 0.359. The second kappa shape index (κ2) is 5.02. The van der Waals surface area contributed by atoms with Crippen LogP contribution < -0.4 is 10.1 Å². The third-order valence-electron chi connectivity index (χ3n) is 2.87. The molecule has 88 valence electrons. The lowest BCUT2D eigenvalue weighted by Gasteiger charge is -2.31. The number of ether oxygens (including phenoxy) is 1. The van der Waals surface area contributed by atoms with Gasteiger partial charge in [-0.15, -0.1) is 11.6 Å². The van der Waals surface area contributed by atoms with E-state index in [2.05, 4.69) is 10.3 Å². The molecule has 0 amide bonds. The van der Waals surface area contributed by atoms with Crippen LogP contribution in [0, 0.1) is 6.92 Å². The molecule has 0 aromatic carbocycles. The Hall–Kier alpha value is -0.800. The fraction of sp³-hybridized carbons (Fsp3) is 0.583. The van der Waals surface area contributed by atoms with Crippen molar-refractivity contribution in [1.82, 2.24) is 10.3 Å². The Morgan fingerprint density at radius 3 is 2.88 bits per heavy atom. The summed E-state index contributed by atoms with van der Waals surface area (Å²) in [5, 5.41) is 3.80. The summed E-state index contributed by atoms with van der Waals surface area (Å²) >= 11 is 5.92. The molecule has 4 heteroatoms. The zero-order chi connectivity index (χ0) is 11.5. The number of halogens is 1. The van der Waals surface area contributed by atoms with Crippen molar-refractivity contribution in [2.75, 3.05) is 7.11 Å². The minimum absolute atomic E-state index is 0.359. The highest BCUT2D eigenvalue weighted by Gasteiger charge is 2.26. The van der Waals surface area contributed by atoms with Crippen LogP contribution in [0.1, 0.15) is 24.2 Å². The van der Waals surface area contributed by atoms with Gasteiger partial charge in [-0.1, -0.05) is 0 Å². The number of rotatable bonds is 4. The molecule has 1 aliphatic carbocycles. The van der Waals surface area contributed by atoms with Gasteiger partial charge in [0.15, 0.2) is 0 Å². The molecular formula is C12H17ClN2O. The fourth-order valence-electron chi connectivity index (χ4n) is 1.88. The van der Waals surface area contributed by atoms with Crippen molar-refractivity contribution >= 4 is 11.6 Å². The van der Waals surface area contributed by atoms with Gasteiger partial charge in [0.2, 0.25) is 0 Å². The van der Waals surface area contributed by atoms with Gasteiger partial charge in [0.25, 0.3) is 0 Å². The van der Waals surface area contributed by atoms with Crippen molar-refractivity contribution in [2.24, 2.45) is 0 Å². The molecule has 0 radical (unpaired) electrons. The lowest BCUT2D eigenvalue weighted by Crippen LogP contribution is -2.41. The fourth-order valence-corrected chi connectivity index (χ4v) is 2.31. The first-order valence-corrected chi connectivity index (χ1v) is 6.00. The standard InChI is InChI=1S/C12H17ClN2O/c1-8-3-12(16-2)6-11(15-8)7-14-10-4-9(13)5-10/h3,6,9-10,14H,4-5,7H2,1-2H3. The Kier molecular flexibility index (Phi) is 3.66. The van der Waals surface area contributed by atoms with Gasteiger partial charge in [0.05, 0.1) is 12.8 Å². The summed E-state index contributed by atoms with van der Waals surface area (Å²) in [6, 6.07) is 4.45. The Morgan fingerprint density at radius 2 is 2.25 bits per heavy atom. The average molecular weight is 241 g/mol. The van der Waals surface area contributed by atoms with E-state index in [4.69, 9.17) is 16.3 Å². The molecule has 1 N–H and O–H groups in total. The van der Waals surface area contributed by atoms with E-state index in [1.807, 2.05) is 19.1 Å². The first-order chi connectivity index (χ1) is 7.67. The van der Waals surface area contributed by atoms with Gasteiger partial charge in [-0.05, 0) is 19.8 Å². The molecule has 1 heterocycles. The number of hydrogen-bond acceptors (Lipinski definition) is 3. The number of aromatic nitrogens is 1. The lowest BCUT2D eigenvalue weighted by atomic mass is 9.92. The highest BCUT2D eigenvalue weighted by Crippen LogP contribution is 2.25. The van der Waals surface area contributed by atoms with Crippen LogP contribution in [0.5, 0.6) is 5.75 Å². The Bertz CT molecular complexity index is 364. The number of methoxy groups -OCH3 is 1. The van der Waals surface area contributed by atoms with Crippen molar-refractivity contribution in [3.63, 3.8) is 0 Å². The number of aryl methyl sites for hydroxylation is 1. The third kappa shape index (κ3) is 2.86. The molecule has 0 unspecified atom stereocenters.